The van der Waals surface area contributed by atoms with Gasteiger partial charge >= 0.3 is 0 Å². The highest BCUT2D eigenvalue weighted by Crippen LogP contribution is 2.39. The SMILES string of the molecule is C=C1CCC(CC(C(=S)C#N)c2ccc(C)c(N(C)c3ccccc3C)c2)C1. The Kier molecular flexibility index (Phi) is 6.31. The van der Waals surface area contributed by atoms with E-state index in [-0.39, 0.29) is 5.92 Å². The van der Waals surface area contributed by atoms with Crippen molar-refractivity contribution in [2.45, 2.75) is 45.4 Å². The average Bonchev–Trinajstić information content (AvgIpc) is 3.11. The van der Waals surface area contributed by atoms with E-state index in [9.17, 15) is 5.26 Å². The molecule has 0 radical (unpaired) electrons. The summed E-state index contributed by atoms with van der Waals surface area (Å²) in [6.45, 7) is 8.40. The third-order valence-corrected chi connectivity index (χ3v) is 6.33. The van der Waals surface area contributed by atoms with Gasteiger partial charge in [0, 0.05) is 24.3 Å². The summed E-state index contributed by atoms with van der Waals surface area (Å²) in [5.74, 6) is 0.572. The van der Waals surface area contributed by atoms with Crippen molar-refractivity contribution in [1.82, 2.24) is 0 Å². The van der Waals surface area contributed by atoms with E-state index < -0.39 is 0 Å². The highest BCUT2D eigenvalue weighted by atomic mass is 32.1. The number of anilines is 2. The fourth-order valence-corrected chi connectivity index (χ4v) is 4.53. The lowest BCUT2D eigenvalue weighted by atomic mass is 9.85. The van der Waals surface area contributed by atoms with Crippen LogP contribution in [0.4, 0.5) is 11.4 Å². The zero-order valence-corrected chi connectivity index (χ0v) is 17.9. The normalized spacial score (nSPS) is 17.2. The molecule has 1 fully saturated rings. The molecule has 2 aromatic carbocycles. The van der Waals surface area contributed by atoms with Gasteiger partial charge in [0.2, 0.25) is 0 Å². The Morgan fingerprint density at radius 2 is 1.93 bits per heavy atom. The van der Waals surface area contributed by atoms with Crippen molar-refractivity contribution in [1.29, 1.82) is 5.26 Å². The first-order chi connectivity index (χ1) is 13.4. The van der Waals surface area contributed by atoms with Crippen molar-refractivity contribution in [3.63, 3.8) is 0 Å². The van der Waals surface area contributed by atoms with Crippen LogP contribution in [0.3, 0.4) is 0 Å². The molecule has 0 amide bonds. The summed E-state index contributed by atoms with van der Waals surface area (Å²) in [7, 11) is 2.10. The van der Waals surface area contributed by atoms with Crippen molar-refractivity contribution in [2.24, 2.45) is 5.92 Å². The molecule has 0 saturated heterocycles. The molecule has 0 heterocycles. The maximum atomic E-state index is 9.52. The number of benzene rings is 2. The van der Waals surface area contributed by atoms with Gasteiger partial charge < -0.3 is 4.90 Å². The van der Waals surface area contributed by atoms with E-state index >= 15 is 0 Å². The Labute approximate surface area is 174 Å². The number of nitriles is 1. The van der Waals surface area contributed by atoms with Crippen molar-refractivity contribution in [2.75, 3.05) is 11.9 Å². The molecule has 1 aliphatic carbocycles. The monoisotopic (exact) mass is 388 g/mol. The summed E-state index contributed by atoms with van der Waals surface area (Å²) in [5, 5.41) is 9.52. The third kappa shape index (κ3) is 4.34. The van der Waals surface area contributed by atoms with Crippen molar-refractivity contribution < 1.29 is 0 Å². The Balaban J connectivity index is 1.95. The van der Waals surface area contributed by atoms with Crippen LogP contribution in [0.1, 0.15) is 48.3 Å². The van der Waals surface area contributed by atoms with Gasteiger partial charge in [-0.25, -0.2) is 0 Å². The van der Waals surface area contributed by atoms with Gasteiger partial charge in [-0.05, 0) is 74.3 Å². The van der Waals surface area contributed by atoms with Crippen LogP contribution >= 0.6 is 12.2 Å². The zero-order valence-electron chi connectivity index (χ0n) is 17.0. The predicted molar refractivity (Wildman–Crippen MR) is 122 cm³/mol. The van der Waals surface area contributed by atoms with Gasteiger partial charge in [-0.1, -0.05) is 54.7 Å². The summed E-state index contributed by atoms with van der Waals surface area (Å²) in [6, 6.07) is 17.2. The van der Waals surface area contributed by atoms with E-state index in [2.05, 4.69) is 80.9 Å². The van der Waals surface area contributed by atoms with Crippen LogP contribution in [0, 0.1) is 31.1 Å². The number of hydrogen-bond acceptors (Lipinski definition) is 3. The molecule has 0 bridgehead atoms. The van der Waals surface area contributed by atoms with E-state index in [0.717, 1.165) is 36.9 Å². The Bertz CT molecular complexity index is 938. The van der Waals surface area contributed by atoms with Crippen LogP contribution < -0.4 is 4.90 Å². The summed E-state index contributed by atoms with van der Waals surface area (Å²) in [6.07, 6.45) is 4.26. The van der Waals surface area contributed by atoms with Crippen LogP contribution in [-0.4, -0.2) is 11.9 Å². The Morgan fingerprint density at radius 1 is 1.21 bits per heavy atom. The van der Waals surface area contributed by atoms with Crippen molar-refractivity contribution in [3.8, 4) is 6.07 Å². The molecular weight excluding hydrogens is 360 g/mol. The second kappa shape index (κ2) is 8.71. The molecule has 0 aromatic heterocycles. The quantitative estimate of drug-likeness (QED) is 0.402. The Hall–Kier alpha value is -2.44. The van der Waals surface area contributed by atoms with Crippen LogP contribution in [0.2, 0.25) is 0 Å². The largest absolute Gasteiger partial charge is 0.344 e. The summed E-state index contributed by atoms with van der Waals surface area (Å²) >= 11 is 5.48. The van der Waals surface area contributed by atoms with Crippen LogP contribution in [0.25, 0.3) is 0 Å². The van der Waals surface area contributed by atoms with Crippen molar-refractivity contribution >= 4 is 28.5 Å². The average molecular weight is 389 g/mol. The predicted octanol–water partition coefficient (Wildman–Crippen LogP) is 6.79. The number of thiocarbonyl (C=S) groups is 1. The zero-order chi connectivity index (χ0) is 20.3. The number of nitrogens with zero attached hydrogens (tertiary/aromatic N) is 2. The van der Waals surface area contributed by atoms with Gasteiger partial charge in [-0.15, -0.1) is 0 Å². The molecule has 0 spiro atoms. The lowest BCUT2D eigenvalue weighted by Crippen LogP contribution is -2.16. The number of para-hydroxylation sites is 1. The van der Waals surface area contributed by atoms with Gasteiger partial charge in [-0.2, -0.15) is 5.26 Å². The highest BCUT2D eigenvalue weighted by Gasteiger charge is 2.26. The van der Waals surface area contributed by atoms with Gasteiger partial charge in [0.15, 0.2) is 0 Å². The number of rotatable bonds is 6. The van der Waals surface area contributed by atoms with Gasteiger partial charge in [-0.3, -0.25) is 0 Å². The molecule has 2 aromatic rings. The van der Waals surface area contributed by atoms with E-state index in [1.807, 2.05) is 0 Å². The smallest absolute Gasteiger partial charge is 0.107 e. The minimum atomic E-state index is 0.000482. The summed E-state index contributed by atoms with van der Waals surface area (Å²) in [5.41, 5.74) is 7.27. The number of allylic oxidation sites excluding steroid dienone is 1. The number of hydrogen-bond donors (Lipinski definition) is 0. The molecular formula is C25H28N2S. The molecule has 0 aliphatic heterocycles. The molecule has 2 nitrogen and oxygen atoms in total. The van der Waals surface area contributed by atoms with Crippen LogP contribution in [0.15, 0.2) is 54.6 Å². The second-order valence-electron chi connectivity index (χ2n) is 8.01. The fourth-order valence-electron chi connectivity index (χ4n) is 4.30. The molecule has 1 saturated carbocycles. The lowest BCUT2D eigenvalue weighted by molar-refractivity contribution is 0.496. The van der Waals surface area contributed by atoms with E-state index in [1.54, 1.807) is 0 Å². The summed E-state index contributed by atoms with van der Waals surface area (Å²) < 4.78 is 0. The first-order valence-electron chi connectivity index (χ1n) is 9.91. The minimum absolute atomic E-state index is 0.000482. The van der Waals surface area contributed by atoms with Gasteiger partial charge in [0.05, 0.1) is 4.86 Å². The molecule has 2 atom stereocenters. The minimum Gasteiger partial charge on any atom is -0.344 e. The topological polar surface area (TPSA) is 27.0 Å². The highest BCUT2D eigenvalue weighted by molar-refractivity contribution is 7.81. The fraction of sp³-hybridized carbons (Fsp3) is 0.360. The van der Waals surface area contributed by atoms with E-state index in [0.29, 0.717) is 10.8 Å². The van der Waals surface area contributed by atoms with Crippen LogP contribution in [0.5, 0.6) is 0 Å². The number of aryl methyl sites for hydroxylation is 2. The molecule has 0 N–H and O–H groups in total. The van der Waals surface area contributed by atoms with Crippen LogP contribution in [-0.2, 0) is 0 Å². The van der Waals surface area contributed by atoms with E-state index in [4.69, 9.17) is 12.2 Å². The van der Waals surface area contributed by atoms with Gasteiger partial charge in [0.25, 0.3) is 0 Å². The molecule has 3 rings (SSSR count). The maximum Gasteiger partial charge on any atom is 0.107 e. The maximum absolute atomic E-state index is 9.52. The standard InChI is InChI=1S/C25H28N2S/c1-17-9-11-20(13-17)14-22(25(28)16-26)21-12-10-19(3)24(15-21)27(4)23-8-6-5-7-18(23)2/h5-8,10,12,15,20,22H,1,9,11,13-14H2,2-4H3. The summed E-state index contributed by atoms with van der Waals surface area (Å²) in [4.78, 5) is 2.73. The second-order valence-corrected chi connectivity index (χ2v) is 8.45. The molecule has 2 unspecified atom stereocenters. The lowest BCUT2D eigenvalue weighted by Gasteiger charge is -2.26. The molecule has 1 aliphatic rings. The molecule has 144 valence electrons. The third-order valence-electron chi connectivity index (χ3n) is 5.95. The van der Waals surface area contributed by atoms with E-state index in [1.165, 1.54) is 22.4 Å². The van der Waals surface area contributed by atoms with Gasteiger partial charge in [0.1, 0.15) is 6.07 Å². The Morgan fingerprint density at radius 3 is 2.57 bits per heavy atom. The first-order valence-corrected chi connectivity index (χ1v) is 10.3. The molecule has 3 heteroatoms. The van der Waals surface area contributed by atoms with Crippen molar-refractivity contribution in [3.05, 3.63) is 71.3 Å². The first kappa shape index (κ1) is 20.3. The molecule has 28 heavy (non-hydrogen) atoms.